The molecule has 1 aliphatic rings. The fraction of sp³-hybridized carbons (Fsp3) is 0.333. The maximum Gasteiger partial charge on any atom is 0.0329 e. The van der Waals surface area contributed by atoms with Crippen molar-refractivity contribution >= 4 is 0 Å². The minimum absolute atomic E-state index is 0.488. The molecule has 2 nitrogen and oxygen atoms in total. The van der Waals surface area contributed by atoms with Gasteiger partial charge in [0.15, 0.2) is 0 Å². The third-order valence-electron chi connectivity index (χ3n) is 1.58. The van der Waals surface area contributed by atoms with E-state index in [0.29, 0.717) is 6.04 Å². The standard InChI is InChI=1S/C9H14N2/c1-8(2)11-6-3-4-9(10)5-7-11/h3-8H,10H2,1-2H3. The molecule has 1 aliphatic heterocycles. The van der Waals surface area contributed by atoms with Gasteiger partial charge in [0, 0.05) is 24.1 Å². The van der Waals surface area contributed by atoms with Crippen LogP contribution in [0.5, 0.6) is 0 Å². The lowest BCUT2D eigenvalue weighted by Crippen LogP contribution is -2.18. The minimum atomic E-state index is 0.488. The predicted molar refractivity (Wildman–Crippen MR) is 47.5 cm³/mol. The molecule has 0 aliphatic carbocycles. The monoisotopic (exact) mass is 150 g/mol. The zero-order valence-corrected chi connectivity index (χ0v) is 6.99. The zero-order chi connectivity index (χ0) is 8.27. The van der Waals surface area contributed by atoms with E-state index < -0.39 is 0 Å². The van der Waals surface area contributed by atoms with Crippen molar-refractivity contribution in [2.24, 2.45) is 5.73 Å². The smallest absolute Gasteiger partial charge is 0.0329 e. The minimum Gasteiger partial charge on any atom is -0.399 e. The van der Waals surface area contributed by atoms with Crippen LogP contribution in [0.25, 0.3) is 0 Å². The lowest BCUT2D eigenvalue weighted by molar-refractivity contribution is 0.417. The van der Waals surface area contributed by atoms with Crippen molar-refractivity contribution in [1.29, 1.82) is 0 Å². The molecule has 0 fully saturated rings. The van der Waals surface area contributed by atoms with Crippen molar-refractivity contribution in [3.8, 4) is 0 Å². The summed E-state index contributed by atoms with van der Waals surface area (Å²) in [6.07, 6.45) is 9.75. The molecule has 0 unspecified atom stereocenters. The molecule has 2 heteroatoms. The summed E-state index contributed by atoms with van der Waals surface area (Å²) >= 11 is 0. The Balaban J connectivity index is 2.71. The largest absolute Gasteiger partial charge is 0.399 e. The summed E-state index contributed by atoms with van der Waals surface area (Å²) in [5, 5.41) is 0. The molecule has 1 rings (SSSR count). The van der Waals surface area contributed by atoms with E-state index in [2.05, 4.69) is 18.7 Å². The second kappa shape index (κ2) is 3.28. The summed E-state index contributed by atoms with van der Waals surface area (Å²) in [4.78, 5) is 2.11. The van der Waals surface area contributed by atoms with Crippen LogP contribution in [0.2, 0.25) is 0 Å². The number of hydrogen-bond donors (Lipinski definition) is 1. The third kappa shape index (κ3) is 2.15. The summed E-state index contributed by atoms with van der Waals surface area (Å²) in [5.41, 5.74) is 6.39. The molecule has 0 aromatic heterocycles. The summed E-state index contributed by atoms with van der Waals surface area (Å²) in [5.74, 6) is 0. The lowest BCUT2D eigenvalue weighted by atomic mass is 10.3. The molecule has 1 heterocycles. The summed E-state index contributed by atoms with van der Waals surface area (Å²) in [6, 6.07) is 0.488. The highest BCUT2D eigenvalue weighted by Crippen LogP contribution is 2.05. The van der Waals surface area contributed by atoms with Gasteiger partial charge >= 0.3 is 0 Å². The molecular weight excluding hydrogens is 136 g/mol. The van der Waals surface area contributed by atoms with Crippen molar-refractivity contribution in [2.45, 2.75) is 19.9 Å². The molecule has 0 bridgehead atoms. The van der Waals surface area contributed by atoms with Crippen LogP contribution in [0, 0.1) is 0 Å². The van der Waals surface area contributed by atoms with Gasteiger partial charge in [0.1, 0.15) is 0 Å². The first-order valence-electron chi connectivity index (χ1n) is 3.80. The van der Waals surface area contributed by atoms with Crippen molar-refractivity contribution in [1.82, 2.24) is 4.90 Å². The Morgan fingerprint density at radius 3 is 2.73 bits per heavy atom. The predicted octanol–water partition coefficient (Wildman–Crippen LogP) is 1.58. The molecule has 0 saturated heterocycles. The van der Waals surface area contributed by atoms with Crippen molar-refractivity contribution in [3.63, 3.8) is 0 Å². The van der Waals surface area contributed by atoms with Crippen LogP contribution in [0.3, 0.4) is 0 Å². The third-order valence-corrected chi connectivity index (χ3v) is 1.58. The van der Waals surface area contributed by atoms with Crippen LogP contribution >= 0.6 is 0 Å². The Kier molecular flexibility index (Phi) is 2.36. The molecule has 60 valence electrons. The van der Waals surface area contributed by atoms with E-state index in [1.54, 1.807) is 0 Å². The second-order valence-corrected chi connectivity index (χ2v) is 2.86. The number of hydrogen-bond acceptors (Lipinski definition) is 2. The summed E-state index contributed by atoms with van der Waals surface area (Å²) in [7, 11) is 0. The van der Waals surface area contributed by atoms with Gasteiger partial charge in [-0.1, -0.05) is 0 Å². The normalized spacial score (nSPS) is 17.0. The van der Waals surface area contributed by atoms with Gasteiger partial charge in [-0.2, -0.15) is 0 Å². The highest BCUT2D eigenvalue weighted by Gasteiger charge is 2.00. The van der Waals surface area contributed by atoms with E-state index in [0.717, 1.165) is 5.70 Å². The maximum atomic E-state index is 5.59. The second-order valence-electron chi connectivity index (χ2n) is 2.86. The molecule has 0 amide bonds. The average Bonchev–Trinajstić information content (AvgIpc) is 2.13. The lowest BCUT2D eigenvalue weighted by Gasteiger charge is -2.18. The first-order valence-corrected chi connectivity index (χ1v) is 3.80. The van der Waals surface area contributed by atoms with E-state index in [9.17, 15) is 0 Å². The van der Waals surface area contributed by atoms with E-state index in [4.69, 9.17) is 5.73 Å². The molecule has 11 heavy (non-hydrogen) atoms. The number of nitrogens with two attached hydrogens (primary N) is 1. The van der Waals surface area contributed by atoms with Gasteiger partial charge in [-0.3, -0.25) is 0 Å². The average molecular weight is 150 g/mol. The van der Waals surface area contributed by atoms with Crippen LogP contribution < -0.4 is 5.73 Å². The number of rotatable bonds is 1. The van der Waals surface area contributed by atoms with Crippen LogP contribution in [-0.2, 0) is 0 Å². The summed E-state index contributed by atoms with van der Waals surface area (Å²) < 4.78 is 0. The van der Waals surface area contributed by atoms with Crippen molar-refractivity contribution in [3.05, 3.63) is 36.3 Å². The van der Waals surface area contributed by atoms with Crippen LogP contribution in [-0.4, -0.2) is 10.9 Å². The molecule has 0 aromatic carbocycles. The van der Waals surface area contributed by atoms with Gasteiger partial charge in [0.2, 0.25) is 0 Å². The Morgan fingerprint density at radius 1 is 1.36 bits per heavy atom. The van der Waals surface area contributed by atoms with Crippen molar-refractivity contribution in [2.75, 3.05) is 0 Å². The molecule has 0 atom stereocenters. The Labute approximate surface area is 67.7 Å². The van der Waals surface area contributed by atoms with Crippen LogP contribution in [0.15, 0.2) is 36.3 Å². The van der Waals surface area contributed by atoms with Crippen LogP contribution in [0.4, 0.5) is 0 Å². The van der Waals surface area contributed by atoms with E-state index in [1.165, 1.54) is 0 Å². The van der Waals surface area contributed by atoms with Crippen LogP contribution in [0.1, 0.15) is 13.8 Å². The fourth-order valence-corrected chi connectivity index (χ4v) is 0.875. The van der Waals surface area contributed by atoms with Gasteiger partial charge in [0.25, 0.3) is 0 Å². The zero-order valence-electron chi connectivity index (χ0n) is 6.99. The Hall–Kier alpha value is -1.18. The van der Waals surface area contributed by atoms with Gasteiger partial charge in [-0.25, -0.2) is 0 Å². The Bertz CT molecular complexity index is 212. The highest BCUT2D eigenvalue weighted by molar-refractivity contribution is 5.23. The SMILES string of the molecule is CC(C)N1C=CC=C(N)C=C1. The molecule has 0 saturated carbocycles. The molecule has 2 N–H and O–H groups in total. The summed E-state index contributed by atoms with van der Waals surface area (Å²) in [6.45, 7) is 4.27. The topological polar surface area (TPSA) is 29.3 Å². The fourth-order valence-electron chi connectivity index (χ4n) is 0.875. The first kappa shape index (κ1) is 7.92. The van der Waals surface area contributed by atoms with E-state index >= 15 is 0 Å². The molecule has 0 spiro atoms. The van der Waals surface area contributed by atoms with Gasteiger partial charge in [0.05, 0.1) is 0 Å². The van der Waals surface area contributed by atoms with Gasteiger partial charge in [-0.15, -0.1) is 0 Å². The van der Waals surface area contributed by atoms with E-state index in [1.807, 2.05) is 30.6 Å². The van der Waals surface area contributed by atoms with Gasteiger partial charge in [-0.05, 0) is 32.1 Å². The quantitative estimate of drug-likeness (QED) is 0.615. The molecular formula is C9H14N2. The maximum absolute atomic E-state index is 5.59. The number of nitrogens with zero attached hydrogens (tertiary/aromatic N) is 1. The van der Waals surface area contributed by atoms with Gasteiger partial charge < -0.3 is 10.6 Å². The number of allylic oxidation sites excluding steroid dienone is 3. The molecule has 0 radical (unpaired) electrons. The highest BCUT2D eigenvalue weighted by atomic mass is 15.1. The molecule has 0 aromatic rings. The van der Waals surface area contributed by atoms with Crippen molar-refractivity contribution < 1.29 is 0 Å². The Morgan fingerprint density at radius 2 is 2.09 bits per heavy atom. The van der Waals surface area contributed by atoms with E-state index in [-0.39, 0.29) is 0 Å². The first-order chi connectivity index (χ1) is 5.20.